The van der Waals surface area contributed by atoms with Crippen molar-refractivity contribution in [3.05, 3.63) is 24.3 Å². The maximum Gasteiger partial charge on any atom is 0.312 e. The number of likely N-dealkylation sites (tertiary alicyclic amines) is 1. The van der Waals surface area contributed by atoms with Crippen LogP contribution in [0.5, 0.6) is 0 Å². The highest BCUT2D eigenvalue weighted by atomic mass is 16.6. The Balaban J connectivity index is 1.83. The van der Waals surface area contributed by atoms with E-state index in [1.807, 2.05) is 38.2 Å². The number of nitrogens with zero attached hydrogens (tertiary/aromatic N) is 2. The number of ether oxygens (including phenoxy) is 2. The first-order chi connectivity index (χ1) is 16.4. The standard InChI is InChI=1S/C26H38N2O6/c1-4-11-17(3)27-14-10-13-26-21(23(30)28(18(5-2)16-29)22(26)24(27)31)20-19(34-26)12-8-6-7-9-15-33-25(20)32/h8,10,12-13,17-22,29H,4-7,9,11,14-16H2,1-3H3/b12-8-/t17?,18-,19+,20-,21-,22?,26-/m0/s1. The molecule has 2 fully saturated rings. The number of hydrogen-bond acceptors (Lipinski definition) is 6. The molecule has 0 radical (unpaired) electrons. The number of aliphatic hydroxyl groups excluding tert-OH is 1. The van der Waals surface area contributed by atoms with Gasteiger partial charge in [0.2, 0.25) is 11.8 Å². The fraction of sp³-hybridized carbons (Fsp3) is 0.731. The van der Waals surface area contributed by atoms with Crippen molar-refractivity contribution in [1.29, 1.82) is 0 Å². The third kappa shape index (κ3) is 3.98. The zero-order valence-corrected chi connectivity index (χ0v) is 20.5. The summed E-state index contributed by atoms with van der Waals surface area (Å²) in [6, 6.07) is -1.47. The van der Waals surface area contributed by atoms with Gasteiger partial charge in [0.25, 0.3) is 0 Å². The lowest BCUT2D eigenvalue weighted by molar-refractivity contribution is -0.156. The van der Waals surface area contributed by atoms with E-state index >= 15 is 0 Å². The summed E-state index contributed by atoms with van der Waals surface area (Å²) in [5.74, 6) is -2.66. The summed E-state index contributed by atoms with van der Waals surface area (Å²) >= 11 is 0. The molecule has 188 valence electrons. The van der Waals surface area contributed by atoms with Gasteiger partial charge in [-0.2, -0.15) is 0 Å². The minimum absolute atomic E-state index is 0.00512. The molecule has 1 spiro atoms. The number of esters is 1. The van der Waals surface area contributed by atoms with E-state index in [0.717, 1.165) is 32.1 Å². The van der Waals surface area contributed by atoms with Crippen LogP contribution in [0.2, 0.25) is 0 Å². The molecule has 0 saturated carbocycles. The molecule has 8 nitrogen and oxygen atoms in total. The summed E-state index contributed by atoms with van der Waals surface area (Å²) < 4.78 is 12.2. The number of allylic oxidation sites excluding steroid dienone is 1. The van der Waals surface area contributed by atoms with Gasteiger partial charge in [-0.3, -0.25) is 14.4 Å². The molecule has 4 heterocycles. The average molecular weight is 475 g/mol. The highest BCUT2D eigenvalue weighted by Crippen LogP contribution is 2.53. The van der Waals surface area contributed by atoms with Crippen LogP contribution in [0.4, 0.5) is 0 Å². The summed E-state index contributed by atoms with van der Waals surface area (Å²) in [4.78, 5) is 44.7. The van der Waals surface area contributed by atoms with Crippen molar-refractivity contribution in [2.75, 3.05) is 19.8 Å². The van der Waals surface area contributed by atoms with Crippen molar-refractivity contribution in [2.24, 2.45) is 11.8 Å². The van der Waals surface area contributed by atoms with Crippen LogP contribution in [-0.2, 0) is 23.9 Å². The van der Waals surface area contributed by atoms with E-state index in [1.165, 1.54) is 4.90 Å². The van der Waals surface area contributed by atoms with Crippen LogP contribution in [0.25, 0.3) is 0 Å². The Morgan fingerprint density at radius 3 is 2.68 bits per heavy atom. The first kappa shape index (κ1) is 24.9. The van der Waals surface area contributed by atoms with Gasteiger partial charge in [-0.1, -0.05) is 44.6 Å². The fourth-order valence-electron chi connectivity index (χ4n) is 6.15. The largest absolute Gasteiger partial charge is 0.465 e. The Bertz CT molecular complexity index is 852. The third-order valence-electron chi connectivity index (χ3n) is 7.88. The average Bonchev–Trinajstić information content (AvgIpc) is 3.20. The Morgan fingerprint density at radius 2 is 1.97 bits per heavy atom. The highest BCUT2D eigenvalue weighted by Gasteiger charge is 2.72. The third-order valence-corrected chi connectivity index (χ3v) is 7.88. The molecule has 2 amide bonds. The lowest BCUT2D eigenvalue weighted by Gasteiger charge is -2.39. The molecule has 8 heteroatoms. The molecular formula is C26H38N2O6. The Morgan fingerprint density at radius 1 is 1.18 bits per heavy atom. The summed E-state index contributed by atoms with van der Waals surface area (Å²) in [7, 11) is 0. The minimum Gasteiger partial charge on any atom is -0.465 e. The van der Waals surface area contributed by atoms with Crippen molar-refractivity contribution >= 4 is 17.8 Å². The second kappa shape index (κ2) is 10.2. The maximum absolute atomic E-state index is 14.1. The van der Waals surface area contributed by atoms with Gasteiger partial charge in [0.15, 0.2) is 0 Å². The molecule has 0 bridgehead atoms. The maximum atomic E-state index is 14.1. The van der Waals surface area contributed by atoms with Crippen molar-refractivity contribution in [3.63, 3.8) is 0 Å². The number of hydrogen-bond donors (Lipinski definition) is 1. The summed E-state index contributed by atoms with van der Waals surface area (Å²) in [6.07, 6.45) is 11.7. The van der Waals surface area contributed by atoms with Gasteiger partial charge in [0.05, 0.1) is 31.3 Å². The summed E-state index contributed by atoms with van der Waals surface area (Å²) in [6.45, 7) is 6.45. The predicted octanol–water partition coefficient (Wildman–Crippen LogP) is 2.21. The molecule has 7 atom stereocenters. The molecule has 0 aromatic heterocycles. The monoisotopic (exact) mass is 474 g/mol. The van der Waals surface area contributed by atoms with E-state index in [0.29, 0.717) is 19.6 Å². The Kier molecular flexibility index (Phi) is 7.48. The van der Waals surface area contributed by atoms with Crippen LogP contribution in [0.3, 0.4) is 0 Å². The molecule has 4 aliphatic heterocycles. The van der Waals surface area contributed by atoms with Crippen molar-refractivity contribution < 1.29 is 29.0 Å². The van der Waals surface area contributed by atoms with Crippen LogP contribution in [0, 0.1) is 11.8 Å². The molecule has 4 aliphatic rings. The normalized spacial score (nSPS) is 36.3. The molecule has 4 rings (SSSR count). The van der Waals surface area contributed by atoms with Crippen LogP contribution < -0.4 is 0 Å². The lowest BCUT2D eigenvalue weighted by Crippen LogP contribution is -2.59. The molecule has 0 aromatic carbocycles. The Hall–Kier alpha value is -2.19. The van der Waals surface area contributed by atoms with E-state index in [-0.39, 0.29) is 24.5 Å². The van der Waals surface area contributed by atoms with E-state index in [4.69, 9.17) is 9.47 Å². The van der Waals surface area contributed by atoms with Gasteiger partial charge >= 0.3 is 5.97 Å². The van der Waals surface area contributed by atoms with Gasteiger partial charge in [-0.15, -0.1) is 0 Å². The highest BCUT2D eigenvalue weighted by molar-refractivity contribution is 5.99. The van der Waals surface area contributed by atoms with E-state index in [1.54, 1.807) is 4.90 Å². The minimum atomic E-state index is -1.27. The van der Waals surface area contributed by atoms with Crippen molar-refractivity contribution in [2.45, 2.75) is 89.1 Å². The Labute approximate surface area is 201 Å². The first-order valence-electron chi connectivity index (χ1n) is 12.8. The number of carbonyl (C=O) groups excluding carboxylic acids is 3. The van der Waals surface area contributed by atoms with Gasteiger partial charge in [-0.25, -0.2) is 0 Å². The number of cyclic esters (lactones) is 1. The van der Waals surface area contributed by atoms with Gasteiger partial charge < -0.3 is 24.4 Å². The second-order valence-corrected chi connectivity index (χ2v) is 9.95. The van der Waals surface area contributed by atoms with Crippen LogP contribution in [0.1, 0.15) is 59.3 Å². The van der Waals surface area contributed by atoms with E-state index < -0.39 is 41.6 Å². The predicted molar refractivity (Wildman–Crippen MR) is 126 cm³/mol. The lowest BCUT2D eigenvalue weighted by atomic mass is 9.77. The molecule has 2 unspecified atom stereocenters. The molecule has 1 N–H and O–H groups in total. The summed E-state index contributed by atoms with van der Waals surface area (Å²) in [5.41, 5.74) is -1.27. The van der Waals surface area contributed by atoms with Crippen LogP contribution >= 0.6 is 0 Å². The number of rotatable bonds is 6. The number of aliphatic hydroxyl groups is 1. The van der Waals surface area contributed by atoms with Crippen molar-refractivity contribution in [3.8, 4) is 0 Å². The molecule has 34 heavy (non-hydrogen) atoms. The molecule has 2 saturated heterocycles. The van der Waals surface area contributed by atoms with Crippen LogP contribution in [-0.4, -0.2) is 82.3 Å². The topological polar surface area (TPSA) is 96.4 Å². The number of carbonyl (C=O) groups is 3. The van der Waals surface area contributed by atoms with Crippen LogP contribution in [0.15, 0.2) is 24.3 Å². The smallest absolute Gasteiger partial charge is 0.312 e. The zero-order chi connectivity index (χ0) is 24.5. The number of fused-ring (bicyclic) bond motifs is 2. The number of amides is 2. The van der Waals surface area contributed by atoms with Crippen molar-refractivity contribution in [1.82, 2.24) is 9.80 Å². The summed E-state index contributed by atoms with van der Waals surface area (Å²) in [5, 5.41) is 10.1. The first-order valence-corrected chi connectivity index (χ1v) is 12.8. The van der Waals surface area contributed by atoms with E-state index in [2.05, 4.69) is 6.92 Å². The van der Waals surface area contributed by atoms with Gasteiger partial charge in [0, 0.05) is 12.6 Å². The fourth-order valence-corrected chi connectivity index (χ4v) is 6.15. The SMILES string of the molecule is CCCC(C)N1CC=C[C@]23O[C@@H]4/C=C\CCCCOC(=O)[C@@H]4[C@H]2C(=O)N([C@@H](CC)CO)C3C1=O. The molecule has 0 aliphatic carbocycles. The zero-order valence-electron chi connectivity index (χ0n) is 20.5. The quantitative estimate of drug-likeness (QED) is 0.468. The second-order valence-electron chi connectivity index (χ2n) is 9.95. The molecular weight excluding hydrogens is 436 g/mol. The van der Waals surface area contributed by atoms with Gasteiger partial charge in [-0.05, 0) is 39.0 Å². The van der Waals surface area contributed by atoms with E-state index in [9.17, 15) is 19.5 Å². The molecule has 0 aromatic rings. The van der Waals surface area contributed by atoms with Gasteiger partial charge in [0.1, 0.15) is 17.6 Å².